The SMILES string of the molecule is C=C1CCC(N2Cc3cc(N4CC5(CN(CC6CCN(c7ccc(-c8cnc9[nH]cc(C(=O)c%10c(F)ccc(NS(=O)(=O)N%11CC[C@@H](F)C%11)c%10F)c9c8)cc7)CC6)C5)[C@@H]4C)ccc3C2=O)C(=O)N1. The predicted octanol–water partition coefficient (Wildman–Crippen LogP) is 6.61. The summed E-state index contributed by atoms with van der Waals surface area (Å²) < 4.78 is 73.2. The number of ketones is 1. The third-order valence-corrected chi connectivity index (χ3v) is 16.8. The van der Waals surface area contributed by atoms with Crippen LogP contribution in [0.2, 0.25) is 0 Å². The molecule has 5 fully saturated rings. The van der Waals surface area contributed by atoms with Crippen LogP contribution in [0.3, 0.4) is 0 Å². The van der Waals surface area contributed by atoms with Gasteiger partial charge in [-0.3, -0.25) is 19.1 Å². The summed E-state index contributed by atoms with van der Waals surface area (Å²) >= 11 is 0. The Kier molecular flexibility index (Phi) is 10.9. The fraction of sp³-hybridized carbons (Fsp3) is 0.400. The molecule has 0 bridgehead atoms. The predicted molar refractivity (Wildman–Crippen MR) is 252 cm³/mol. The number of likely N-dealkylation sites (tertiary alicyclic amines) is 1. The third kappa shape index (κ3) is 7.69. The number of anilines is 3. The lowest BCUT2D eigenvalue weighted by atomic mass is 9.66. The van der Waals surface area contributed by atoms with E-state index in [1.165, 1.54) is 6.20 Å². The van der Waals surface area contributed by atoms with Crippen molar-refractivity contribution in [3.63, 3.8) is 0 Å². The van der Waals surface area contributed by atoms with E-state index in [9.17, 15) is 27.2 Å². The number of allylic oxidation sites excluding steroid dienone is 1. The van der Waals surface area contributed by atoms with Crippen molar-refractivity contribution in [1.82, 2.24) is 29.4 Å². The molecule has 18 heteroatoms. The quantitative estimate of drug-likeness (QED) is 0.124. The van der Waals surface area contributed by atoms with Crippen LogP contribution >= 0.6 is 0 Å². The Bertz CT molecular complexity index is 3010. The summed E-state index contributed by atoms with van der Waals surface area (Å²) in [5.41, 5.74) is 5.18. The van der Waals surface area contributed by atoms with Crippen molar-refractivity contribution in [2.24, 2.45) is 11.3 Å². The molecular formula is C50H52F3N9O5S. The van der Waals surface area contributed by atoms with E-state index in [1.54, 1.807) is 17.2 Å². The molecule has 5 aromatic rings. The Balaban J connectivity index is 0.678. The minimum Gasteiger partial charge on any atom is -0.372 e. The van der Waals surface area contributed by atoms with Gasteiger partial charge in [0.15, 0.2) is 5.82 Å². The summed E-state index contributed by atoms with van der Waals surface area (Å²) in [6.45, 7) is 12.3. The Morgan fingerprint density at radius 1 is 0.926 bits per heavy atom. The maximum Gasteiger partial charge on any atom is 0.301 e. The van der Waals surface area contributed by atoms with Gasteiger partial charge in [-0.05, 0) is 105 Å². The summed E-state index contributed by atoms with van der Waals surface area (Å²) in [5, 5.41) is 3.16. The van der Waals surface area contributed by atoms with Crippen LogP contribution in [0.5, 0.6) is 0 Å². The van der Waals surface area contributed by atoms with Crippen LogP contribution in [0.1, 0.15) is 70.9 Å². The lowest BCUT2D eigenvalue weighted by Gasteiger charge is -2.66. The van der Waals surface area contributed by atoms with Crippen LogP contribution in [0.15, 0.2) is 85.3 Å². The number of carbonyl (C=O) groups excluding carboxylic acids is 3. The number of benzene rings is 3. The van der Waals surface area contributed by atoms with Crippen LogP contribution in [0.4, 0.5) is 30.2 Å². The topological polar surface area (TPSA) is 154 Å². The molecule has 14 nitrogen and oxygen atoms in total. The summed E-state index contributed by atoms with van der Waals surface area (Å²) in [6, 6.07) is 17.6. The first-order valence-corrected chi connectivity index (χ1v) is 24.8. The van der Waals surface area contributed by atoms with Gasteiger partial charge in [0, 0.05) is 122 Å². The van der Waals surface area contributed by atoms with E-state index < -0.39 is 51.1 Å². The van der Waals surface area contributed by atoms with Gasteiger partial charge in [-0.15, -0.1) is 0 Å². The minimum atomic E-state index is -4.35. The Hall–Kier alpha value is -6.24. The Labute approximate surface area is 392 Å². The highest BCUT2D eigenvalue weighted by molar-refractivity contribution is 7.90. The molecule has 3 aromatic carbocycles. The Morgan fingerprint density at radius 3 is 2.41 bits per heavy atom. The van der Waals surface area contributed by atoms with Crippen molar-refractivity contribution >= 4 is 55.9 Å². The summed E-state index contributed by atoms with van der Waals surface area (Å²) in [4.78, 5) is 56.2. The number of halogens is 3. The van der Waals surface area contributed by atoms with Gasteiger partial charge >= 0.3 is 10.2 Å². The van der Waals surface area contributed by atoms with Crippen molar-refractivity contribution in [3.8, 4) is 11.1 Å². The van der Waals surface area contributed by atoms with Crippen molar-refractivity contribution in [3.05, 3.63) is 119 Å². The highest BCUT2D eigenvalue weighted by Crippen LogP contribution is 2.48. The van der Waals surface area contributed by atoms with E-state index in [0.717, 1.165) is 91.0 Å². The normalized spacial score (nSPS) is 23.3. The second-order valence-electron chi connectivity index (χ2n) is 19.5. The van der Waals surface area contributed by atoms with Gasteiger partial charge in [0.25, 0.3) is 5.91 Å². The molecule has 354 valence electrons. The van der Waals surface area contributed by atoms with Gasteiger partial charge in [0.1, 0.15) is 23.7 Å². The fourth-order valence-corrected chi connectivity index (χ4v) is 12.6. The number of aromatic amines is 1. The van der Waals surface area contributed by atoms with Crippen LogP contribution < -0.4 is 19.8 Å². The first-order valence-electron chi connectivity index (χ1n) is 23.3. The van der Waals surface area contributed by atoms with Crippen LogP contribution in [-0.4, -0.2) is 121 Å². The van der Waals surface area contributed by atoms with Crippen LogP contribution in [0.25, 0.3) is 22.2 Å². The van der Waals surface area contributed by atoms with Crippen molar-refractivity contribution < 1.29 is 36.0 Å². The van der Waals surface area contributed by atoms with E-state index in [1.807, 2.05) is 22.9 Å². The number of hydrogen-bond acceptors (Lipinski definition) is 9. The molecule has 8 heterocycles. The number of rotatable bonds is 11. The highest BCUT2D eigenvalue weighted by Gasteiger charge is 2.57. The van der Waals surface area contributed by atoms with Crippen molar-refractivity contribution in [2.75, 3.05) is 66.9 Å². The Morgan fingerprint density at radius 2 is 1.69 bits per heavy atom. The standard InChI is InChI=1S/C50H52F3N9O5S/c1-29-3-12-43(48(64)56-29)61-24-34-19-37(8-9-38(34)49(61)65)62-28-50(30(62)2)26-58(27-50)23-31-13-16-59(17-14-31)36-6-4-32(5-7-36)33-20-39-40(22-55-47(39)54-21-33)46(63)44-41(52)10-11-42(45(44)53)57-68(66,67)60-18-15-35(51)25-60/h4-11,19-22,30-31,35,43,57H,1,3,12-18,23-28H2,2H3,(H,54,55)(H,56,64)/t30-,35+,43?/m0/s1. The maximum absolute atomic E-state index is 15.8. The minimum absolute atomic E-state index is 0.00770. The lowest BCUT2D eigenvalue weighted by molar-refractivity contribution is -0.126. The number of piperidine rings is 2. The third-order valence-electron chi connectivity index (χ3n) is 15.3. The summed E-state index contributed by atoms with van der Waals surface area (Å²) in [6.07, 6.45) is 5.10. The first-order chi connectivity index (χ1) is 32.6. The number of nitrogens with zero attached hydrogens (tertiary/aromatic N) is 6. The molecule has 68 heavy (non-hydrogen) atoms. The zero-order valence-electron chi connectivity index (χ0n) is 37.6. The zero-order chi connectivity index (χ0) is 47.2. The molecule has 1 spiro atoms. The molecule has 11 rings (SSSR count). The number of amides is 2. The number of fused-ring (bicyclic) bond motifs is 2. The van der Waals surface area contributed by atoms with E-state index in [4.69, 9.17) is 0 Å². The number of aromatic nitrogens is 2. The van der Waals surface area contributed by atoms with Gasteiger partial charge in [-0.1, -0.05) is 18.7 Å². The molecule has 5 saturated heterocycles. The second kappa shape index (κ2) is 16.8. The zero-order valence-corrected chi connectivity index (χ0v) is 38.4. The smallest absolute Gasteiger partial charge is 0.301 e. The number of alkyl halides is 1. The fourth-order valence-electron chi connectivity index (χ4n) is 11.3. The van der Waals surface area contributed by atoms with E-state index in [0.29, 0.717) is 59.2 Å². The number of hydrogen-bond donors (Lipinski definition) is 3. The van der Waals surface area contributed by atoms with Crippen molar-refractivity contribution in [1.29, 1.82) is 0 Å². The maximum atomic E-state index is 15.8. The molecule has 0 radical (unpaired) electrons. The lowest BCUT2D eigenvalue weighted by Crippen LogP contribution is -2.77. The van der Waals surface area contributed by atoms with Gasteiger partial charge in [-0.25, -0.2) is 18.2 Å². The van der Waals surface area contributed by atoms with Crippen molar-refractivity contribution in [2.45, 2.75) is 63.8 Å². The summed E-state index contributed by atoms with van der Waals surface area (Å²) in [7, 11) is -4.35. The molecule has 2 aromatic heterocycles. The molecule has 0 aliphatic carbocycles. The van der Waals surface area contributed by atoms with Gasteiger partial charge in [0.05, 0.1) is 11.3 Å². The molecule has 3 N–H and O–H groups in total. The number of H-pyrrole nitrogens is 1. The summed E-state index contributed by atoms with van der Waals surface area (Å²) in [5.74, 6) is -3.14. The van der Waals surface area contributed by atoms with Gasteiger partial charge in [-0.2, -0.15) is 12.7 Å². The average Bonchev–Trinajstić information content (AvgIpc) is 4.04. The molecular weight excluding hydrogens is 896 g/mol. The highest BCUT2D eigenvalue weighted by atomic mass is 32.2. The van der Waals surface area contributed by atoms with Crippen LogP contribution in [-0.2, 0) is 21.5 Å². The average molecular weight is 948 g/mol. The van der Waals surface area contributed by atoms with E-state index in [2.05, 4.69) is 67.8 Å². The molecule has 0 saturated carbocycles. The number of nitrogens with one attached hydrogen (secondary N) is 3. The number of pyridine rings is 1. The van der Waals surface area contributed by atoms with E-state index in [-0.39, 0.29) is 42.3 Å². The van der Waals surface area contributed by atoms with E-state index >= 15 is 8.78 Å². The first kappa shape index (κ1) is 44.3. The molecule has 3 atom stereocenters. The monoisotopic (exact) mass is 947 g/mol. The van der Waals surface area contributed by atoms with Crippen LogP contribution in [0, 0.1) is 23.0 Å². The molecule has 2 amide bonds. The second-order valence-corrected chi connectivity index (χ2v) is 21.2. The molecule has 6 aliphatic heterocycles. The largest absolute Gasteiger partial charge is 0.372 e. The molecule has 6 aliphatic rings. The number of carbonyl (C=O) groups is 3. The van der Waals surface area contributed by atoms with Gasteiger partial charge in [0.2, 0.25) is 11.7 Å². The van der Waals surface area contributed by atoms with Gasteiger partial charge < -0.3 is 29.9 Å². The molecule has 1 unspecified atom stereocenters.